The van der Waals surface area contributed by atoms with Crippen molar-refractivity contribution in [3.8, 4) is 0 Å². The molecule has 1 aliphatic rings. The van der Waals surface area contributed by atoms with Crippen LogP contribution in [0.3, 0.4) is 0 Å². The smallest absolute Gasteiger partial charge is 0.0986 e. The lowest BCUT2D eigenvalue weighted by atomic mass is 10.3. The maximum absolute atomic E-state index is 7.54. The van der Waals surface area contributed by atoms with E-state index in [-0.39, 0.29) is 0 Å². The number of hydrogen-bond donors (Lipinski definition) is 1. The molecule has 0 atom stereocenters. The molecule has 0 saturated heterocycles. The number of nitrogens with zero attached hydrogens (tertiary/aromatic N) is 1. The van der Waals surface area contributed by atoms with E-state index in [1.54, 1.807) is 0 Å². The molecule has 2 heteroatoms. The Morgan fingerprint density at radius 2 is 2.22 bits per heavy atom. The molecule has 0 heterocycles. The Hall–Kier alpha value is -0.530. The average Bonchev–Trinajstić information content (AvgIpc) is 2.66. The highest BCUT2D eigenvalue weighted by atomic mass is 15.1. The molecule has 0 bridgehead atoms. The molecule has 1 rings (SSSR count). The van der Waals surface area contributed by atoms with Gasteiger partial charge in [-0.25, -0.2) is 0 Å². The van der Waals surface area contributed by atoms with Crippen molar-refractivity contribution in [2.24, 2.45) is 5.92 Å². The third-order valence-corrected chi connectivity index (χ3v) is 1.85. The predicted octanol–water partition coefficient (Wildman–Crippen LogP) is 1.33. The van der Waals surface area contributed by atoms with E-state index in [1.807, 2.05) is 11.9 Å². The minimum Gasteiger partial charge on any atom is -0.364 e. The maximum atomic E-state index is 7.54. The third-order valence-electron chi connectivity index (χ3n) is 1.85. The number of hydrogen-bond acceptors (Lipinski definition) is 1. The van der Waals surface area contributed by atoms with Gasteiger partial charge in [-0.2, -0.15) is 0 Å². The van der Waals surface area contributed by atoms with E-state index in [0.29, 0.717) is 5.92 Å². The van der Waals surface area contributed by atoms with Gasteiger partial charge in [-0.1, -0.05) is 0 Å². The van der Waals surface area contributed by atoms with Crippen LogP contribution in [0.15, 0.2) is 0 Å². The molecule has 0 aliphatic heterocycles. The van der Waals surface area contributed by atoms with Crippen molar-refractivity contribution in [2.75, 3.05) is 13.6 Å². The maximum Gasteiger partial charge on any atom is 0.0986 e. The fourth-order valence-corrected chi connectivity index (χ4v) is 0.839. The first-order valence-corrected chi connectivity index (χ1v) is 3.55. The summed E-state index contributed by atoms with van der Waals surface area (Å²) in [5.41, 5.74) is 0. The van der Waals surface area contributed by atoms with Crippen molar-refractivity contribution in [3.63, 3.8) is 0 Å². The van der Waals surface area contributed by atoms with Crippen LogP contribution in [0.2, 0.25) is 0 Å². The molecule has 0 aromatic rings. The first-order chi connectivity index (χ1) is 4.25. The topological polar surface area (TPSA) is 27.1 Å². The zero-order chi connectivity index (χ0) is 6.85. The van der Waals surface area contributed by atoms with Crippen LogP contribution in [-0.4, -0.2) is 24.3 Å². The van der Waals surface area contributed by atoms with Crippen LogP contribution in [-0.2, 0) is 0 Å². The van der Waals surface area contributed by atoms with E-state index in [9.17, 15) is 0 Å². The van der Waals surface area contributed by atoms with Crippen molar-refractivity contribution < 1.29 is 0 Å². The lowest BCUT2D eigenvalue weighted by Crippen LogP contribution is -2.26. The lowest BCUT2D eigenvalue weighted by Gasteiger charge is -2.16. The van der Waals surface area contributed by atoms with Crippen LogP contribution in [0.25, 0.3) is 0 Å². The summed E-state index contributed by atoms with van der Waals surface area (Å²) >= 11 is 0. The van der Waals surface area contributed by atoms with Gasteiger partial charge in [0.25, 0.3) is 0 Å². The molecule has 0 unspecified atom stereocenters. The van der Waals surface area contributed by atoms with Crippen molar-refractivity contribution in [1.29, 1.82) is 5.41 Å². The molecule has 1 N–H and O–H groups in total. The molecule has 0 amide bonds. The molecule has 0 radical (unpaired) electrons. The molecule has 0 aromatic carbocycles. The summed E-state index contributed by atoms with van der Waals surface area (Å²) < 4.78 is 0. The second kappa shape index (κ2) is 2.38. The zero-order valence-electron chi connectivity index (χ0n) is 6.15. The Kier molecular flexibility index (Phi) is 1.74. The van der Waals surface area contributed by atoms with Gasteiger partial charge in [-0.05, 0) is 19.8 Å². The molecule has 1 fully saturated rings. The quantitative estimate of drug-likeness (QED) is 0.438. The minimum atomic E-state index is 0.606. The van der Waals surface area contributed by atoms with Gasteiger partial charge in [-0.15, -0.1) is 0 Å². The van der Waals surface area contributed by atoms with Crippen LogP contribution < -0.4 is 0 Å². The van der Waals surface area contributed by atoms with E-state index in [4.69, 9.17) is 5.41 Å². The molecular formula is C7H14N2. The fraction of sp³-hybridized carbons (Fsp3) is 0.857. The Morgan fingerprint density at radius 1 is 1.67 bits per heavy atom. The van der Waals surface area contributed by atoms with Crippen molar-refractivity contribution in [1.82, 2.24) is 4.90 Å². The van der Waals surface area contributed by atoms with Gasteiger partial charge in [0.15, 0.2) is 0 Å². The van der Waals surface area contributed by atoms with Crippen LogP contribution in [0.5, 0.6) is 0 Å². The van der Waals surface area contributed by atoms with E-state index >= 15 is 0 Å². The number of amidine groups is 1. The first kappa shape index (κ1) is 6.59. The van der Waals surface area contributed by atoms with Crippen molar-refractivity contribution in [3.05, 3.63) is 0 Å². The largest absolute Gasteiger partial charge is 0.364 e. The molecule has 2 nitrogen and oxygen atoms in total. The third kappa shape index (κ3) is 1.44. The van der Waals surface area contributed by atoms with Gasteiger partial charge in [0.2, 0.25) is 0 Å². The molecular weight excluding hydrogens is 112 g/mol. The molecule has 9 heavy (non-hydrogen) atoms. The van der Waals surface area contributed by atoms with Crippen molar-refractivity contribution >= 4 is 5.84 Å². The zero-order valence-corrected chi connectivity index (χ0v) is 6.15. The normalized spacial score (nSPS) is 17.6. The van der Waals surface area contributed by atoms with Crippen molar-refractivity contribution in [2.45, 2.75) is 19.8 Å². The van der Waals surface area contributed by atoms with Gasteiger partial charge >= 0.3 is 0 Å². The monoisotopic (exact) mass is 126 g/mol. The van der Waals surface area contributed by atoms with Crippen LogP contribution in [0.4, 0.5) is 0 Å². The van der Waals surface area contributed by atoms with Gasteiger partial charge in [-0.3, -0.25) is 5.41 Å². The van der Waals surface area contributed by atoms with Crippen LogP contribution >= 0.6 is 0 Å². The fourth-order valence-electron chi connectivity index (χ4n) is 0.839. The molecule has 1 aliphatic carbocycles. The predicted molar refractivity (Wildman–Crippen MR) is 38.8 cm³/mol. The highest BCUT2D eigenvalue weighted by molar-refractivity contribution is 5.83. The molecule has 1 saturated carbocycles. The van der Waals surface area contributed by atoms with Gasteiger partial charge < -0.3 is 4.90 Å². The van der Waals surface area contributed by atoms with Gasteiger partial charge in [0, 0.05) is 19.5 Å². The summed E-state index contributed by atoms with van der Waals surface area (Å²) in [7, 11) is 1.99. The van der Waals surface area contributed by atoms with E-state index < -0.39 is 0 Å². The Labute approximate surface area is 56.4 Å². The molecule has 0 aromatic heterocycles. The average molecular weight is 126 g/mol. The summed E-state index contributed by atoms with van der Waals surface area (Å²) in [6.07, 6.45) is 2.48. The highest BCUT2D eigenvalue weighted by Crippen LogP contribution is 2.30. The van der Waals surface area contributed by atoms with E-state index in [1.165, 1.54) is 12.8 Å². The second-order valence-electron chi connectivity index (χ2n) is 2.67. The standard InChI is InChI=1S/C7H14N2/c1-3-9(2)7(8)6-4-5-6/h6,8H,3-5H2,1-2H3. The van der Waals surface area contributed by atoms with Crippen LogP contribution in [0.1, 0.15) is 19.8 Å². The van der Waals surface area contributed by atoms with E-state index in [0.717, 1.165) is 12.4 Å². The summed E-state index contributed by atoms with van der Waals surface area (Å²) in [6, 6.07) is 0. The molecule has 0 spiro atoms. The summed E-state index contributed by atoms with van der Waals surface area (Å²) in [4.78, 5) is 2.01. The van der Waals surface area contributed by atoms with Gasteiger partial charge in [0.1, 0.15) is 0 Å². The molecule has 52 valence electrons. The minimum absolute atomic E-state index is 0.606. The second-order valence-corrected chi connectivity index (χ2v) is 2.67. The summed E-state index contributed by atoms with van der Waals surface area (Å²) in [6.45, 7) is 3.05. The summed E-state index contributed by atoms with van der Waals surface area (Å²) in [5.74, 6) is 1.44. The number of nitrogens with one attached hydrogen (secondary N) is 1. The Bertz CT molecular complexity index is 116. The Balaban J connectivity index is 2.31. The van der Waals surface area contributed by atoms with Crippen LogP contribution in [0, 0.1) is 11.3 Å². The van der Waals surface area contributed by atoms with Gasteiger partial charge in [0.05, 0.1) is 5.84 Å². The van der Waals surface area contributed by atoms with E-state index in [2.05, 4.69) is 6.92 Å². The first-order valence-electron chi connectivity index (χ1n) is 3.55. The number of rotatable bonds is 2. The Morgan fingerprint density at radius 3 is 2.56 bits per heavy atom. The lowest BCUT2D eigenvalue weighted by molar-refractivity contribution is 0.514. The SMILES string of the molecule is CCN(C)C(=N)C1CC1. The highest BCUT2D eigenvalue weighted by Gasteiger charge is 2.27. The summed E-state index contributed by atoms with van der Waals surface area (Å²) in [5, 5.41) is 7.54.